The Labute approximate surface area is 112 Å². The lowest BCUT2D eigenvalue weighted by atomic mass is 10.1. The van der Waals surface area contributed by atoms with Crippen LogP contribution in [0.4, 0.5) is 0 Å². The molecule has 0 unspecified atom stereocenters. The van der Waals surface area contributed by atoms with Crippen molar-refractivity contribution in [2.24, 2.45) is 11.7 Å². The average Bonchev–Trinajstić information content (AvgIpc) is 2.78. The molecule has 19 heavy (non-hydrogen) atoms. The molecule has 4 N–H and O–H groups in total. The SMILES string of the molecule is NCC(=O)NC[C@H]1CC[C@@H](Oc2ccccc2)[C@@H]1O. The summed E-state index contributed by atoms with van der Waals surface area (Å²) in [5.41, 5.74) is 5.22. The van der Waals surface area contributed by atoms with E-state index in [4.69, 9.17) is 10.5 Å². The first-order valence-corrected chi connectivity index (χ1v) is 6.57. The summed E-state index contributed by atoms with van der Waals surface area (Å²) in [4.78, 5) is 11.1. The number of carbonyl (C=O) groups excluding carboxylic acids is 1. The summed E-state index contributed by atoms with van der Waals surface area (Å²) in [6.45, 7) is 0.429. The number of nitrogens with one attached hydrogen (secondary N) is 1. The zero-order valence-electron chi connectivity index (χ0n) is 10.8. The fourth-order valence-corrected chi connectivity index (χ4v) is 2.37. The van der Waals surface area contributed by atoms with Crippen molar-refractivity contribution in [2.75, 3.05) is 13.1 Å². The first-order valence-electron chi connectivity index (χ1n) is 6.57. The highest BCUT2D eigenvalue weighted by atomic mass is 16.5. The van der Waals surface area contributed by atoms with E-state index in [2.05, 4.69) is 5.32 Å². The third kappa shape index (κ3) is 3.68. The molecule has 0 radical (unpaired) electrons. The highest BCUT2D eigenvalue weighted by molar-refractivity contribution is 5.77. The van der Waals surface area contributed by atoms with Crippen molar-refractivity contribution in [1.82, 2.24) is 5.32 Å². The number of carbonyl (C=O) groups is 1. The predicted octanol–water partition coefficient (Wildman–Crippen LogP) is 0.280. The highest BCUT2D eigenvalue weighted by Gasteiger charge is 2.36. The minimum Gasteiger partial charge on any atom is -0.488 e. The molecule has 5 nitrogen and oxygen atoms in total. The average molecular weight is 264 g/mol. The minimum atomic E-state index is -0.557. The van der Waals surface area contributed by atoms with E-state index in [0.717, 1.165) is 18.6 Å². The molecule has 0 aromatic heterocycles. The molecule has 1 amide bonds. The molecule has 0 spiro atoms. The van der Waals surface area contributed by atoms with Crippen LogP contribution in [0, 0.1) is 5.92 Å². The van der Waals surface area contributed by atoms with Crippen molar-refractivity contribution in [3.8, 4) is 5.75 Å². The quantitative estimate of drug-likeness (QED) is 0.713. The van der Waals surface area contributed by atoms with Crippen LogP contribution in [0.2, 0.25) is 0 Å². The number of nitrogens with two attached hydrogens (primary N) is 1. The maximum Gasteiger partial charge on any atom is 0.233 e. The molecule has 5 heteroatoms. The van der Waals surface area contributed by atoms with E-state index in [-0.39, 0.29) is 24.5 Å². The predicted molar refractivity (Wildman–Crippen MR) is 71.7 cm³/mol. The Morgan fingerprint density at radius 2 is 2.11 bits per heavy atom. The van der Waals surface area contributed by atoms with Gasteiger partial charge >= 0.3 is 0 Å². The van der Waals surface area contributed by atoms with E-state index < -0.39 is 6.10 Å². The maximum absolute atomic E-state index is 11.1. The molecule has 0 saturated heterocycles. The minimum absolute atomic E-state index is 0.0211. The summed E-state index contributed by atoms with van der Waals surface area (Å²) in [7, 11) is 0. The van der Waals surface area contributed by atoms with Crippen LogP contribution in [-0.2, 0) is 4.79 Å². The molecule has 1 aromatic rings. The first-order chi connectivity index (χ1) is 9.20. The number of amides is 1. The van der Waals surface area contributed by atoms with Gasteiger partial charge in [0.15, 0.2) is 0 Å². The normalized spacial score (nSPS) is 26.1. The Balaban J connectivity index is 1.84. The second-order valence-electron chi connectivity index (χ2n) is 4.81. The van der Waals surface area contributed by atoms with Crippen LogP contribution in [0.5, 0.6) is 5.75 Å². The van der Waals surface area contributed by atoms with Gasteiger partial charge in [-0.15, -0.1) is 0 Å². The zero-order chi connectivity index (χ0) is 13.7. The van der Waals surface area contributed by atoms with Gasteiger partial charge in [0.1, 0.15) is 11.9 Å². The monoisotopic (exact) mass is 264 g/mol. The molecule has 1 aromatic carbocycles. The molecule has 1 aliphatic carbocycles. The van der Waals surface area contributed by atoms with E-state index in [1.165, 1.54) is 0 Å². The lowest BCUT2D eigenvalue weighted by Crippen LogP contribution is -2.39. The van der Waals surface area contributed by atoms with Gasteiger partial charge < -0.3 is 20.9 Å². The summed E-state index contributed by atoms with van der Waals surface area (Å²) in [6, 6.07) is 9.46. The topological polar surface area (TPSA) is 84.6 Å². The molecule has 0 bridgehead atoms. The van der Waals surface area contributed by atoms with E-state index >= 15 is 0 Å². The summed E-state index contributed by atoms with van der Waals surface area (Å²) < 4.78 is 5.76. The third-order valence-electron chi connectivity index (χ3n) is 3.46. The van der Waals surface area contributed by atoms with E-state index in [1.54, 1.807) is 0 Å². The highest BCUT2D eigenvalue weighted by Crippen LogP contribution is 2.29. The van der Waals surface area contributed by atoms with Crippen LogP contribution < -0.4 is 15.8 Å². The molecule has 1 fully saturated rings. The van der Waals surface area contributed by atoms with E-state index in [1.807, 2.05) is 30.3 Å². The number of rotatable bonds is 5. The van der Waals surface area contributed by atoms with Crippen LogP contribution >= 0.6 is 0 Å². The van der Waals surface area contributed by atoms with Gasteiger partial charge in [-0.25, -0.2) is 0 Å². The Hall–Kier alpha value is -1.59. The Morgan fingerprint density at radius 1 is 1.37 bits per heavy atom. The molecule has 0 heterocycles. The second-order valence-corrected chi connectivity index (χ2v) is 4.81. The molecular formula is C14H20N2O3. The smallest absolute Gasteiger partial charge is 0.233 e. The number of hydrogen-bond donors (Lipinski definition) is 3. The molecule has 1 saturated carbocycles. The molecule has 3 atom stereocenters. The zero-order valence-corrected chi connectivity index (χ0v) is 10.8. The van der Waals surface area contributed by atoms with Crippen LogP contribution in [0.25, 0.3) is 0 Å². The second kappa shape index (κ2) is 6.54. The first kappa shape index (κ1) is 13.8. The van der Waals surface area contributed by atoms with Gasteiger partial charge in [0, 0.05) is 12.5 Å². The van der Waals surface area contributed by atoms with Crippen LogP contribution in [0.3, 0.4) is 0 Å². The van der Waals surface area contributed by atoms with Gasteiger partial charge in [-0.3, -0.25) is 4.79 Å². The summed E-state index contributed by atoms with van der Waals surface area (Å²) in [6.07, 6.45) is 0.864. The van der Waals surface area contributed by atoms with Crippen molar-refractivity contribution in [1.29, 1.82) is 0 Å². The van der Waals surface area contributed by atoms with Gasteiger partial charge in [0.05, 0.1) is 12.6 Å². The molecule has 1 aliphatic rings. The molecule has 0 aliphatic heterocycles. The number of hydrogen-bond acceptors (Lipinski definition) is 4. The van der Waals surface area contributed by atoms with Gasteiger partial charge in [0.2, 0.25) is 5.91 Å². The molecule has 2 rings (SSSR count). The largest absolute Gasteiger partial charge is 0.488 e. The Morgan fingerprint density at radius 3 is 2.79 bits per heavy atom. The fraction of sp³-hybridized carbons (Fsp3) is 0.500. The van der Waals surface area contributed by atoms with Crippen molar-refractivity contribution >= 4 is 5.91 Å². The van der Waals surface area contributed by atoms with E-state index in [0.29, 0.717) is 6.54 Å². The Bertz CT molecular complexity index is 410. The molecule has 104 valence electrons. The van der Waals surface area contributed by atoms with E-state index in [9.17, 15) is 9.90 Å². The van der Waals surface area contributed by atoms with Gasteiger partial charge in [0.25, 0.3) is 0 Å². The summed E-state index contributed by atoms with van der Waals surface area (Å²) >= 11 is 0. The van der Waals surface area contributed by atoms with Gasteiger partial charge in [-0.05, 0) is 25.0 Å². The lowest BCUT2D eigenvalue weighted by molar-refractivity contribution is -0.120. The number of benzene rings is 1. The number of ether oxygens (including phenoxy) is 1. The summed E-state index contributed by atoms with van der Waals surface area (Å²) in [5.74, 6) is 0.599. The van der Waals surface area contributed by atoms with Crippen LogP contribution in [0.15, 0.2) is 30.3 Å². The van der Waals surface area contributed by atoms with Gasteiger partial charge in [-0.1, -0.05) is 18.2 Å². The maximum atomic E-state index is 11.1. The van der Waals surface area contributed by atoms with Gasteiger partial charge in [-0.2, -0.15) is 0 Å². The number of para-hydroxylation sites is 1. The van der Waals surface area contributed by atoms with Crippen LogP contribution in [-0.4, -0.2) is 36.3 Å². The Kier molecular flexibility index (Phi) is 4.76. The lowest BCUT2D eigenvalue weighted by Gasteiger charge is -2.21. The van der Waals surface area contributed by atoms with Crippen molar-refractivity contribution < 1.29 is 14.6 Å². The van der Waals surface area contributed by atoms with Crippen molar-refractivity contribution in [2.45, 2.75) is 25.0 Å². The fourth-order valence-electron chi connectivity index (χ4n) is 2.37. The molecular weight excluding hydrogens is 244 g/mol. The summed E-state index contributed by atoms with van der Waals surface area (Å²) in [5, 5.41) is 12.9. The van der Waals surface area contributed by atoms with Crippen LogP contribution in [0.1, 0.15) is 12.8 Å². The van der Waals surface area contributed by atoms with Crippen molar-refractivity contribution in [3.05, 3.63) is 30.3 Å². The van der Waals surface area contributed by atoms with Crippen molar-refractivity contribution in [3.63, 3.8) is 0 Å². The number of aliphatic hydroxyl groups is 1. The standard InChI is InChI=1S/C14H20N2O3/c15-8-13(17)16-9-10-6-7-12(14(10)18)19-11-4-2-1-3-5-11/h1-5,10,12,14,18H,6-9,15H2,(H,16,17)/t10-,12-,14-/m1/s1. The third-order valence-corrected chi connectivity index (χ3v) is 3.46. The number of aliphatic hydroxyl groups excluding tert-OH is 1.